The molecule has 1 aliphatic rings. The van der Waals surface area contributed by atoms with E-state index in [1.165, 1.54) is 0 Å². The molecule has 0 aliphatic heterocycles. The van der Waals surface area contributed by atoms with Gasteiger partial charge in [-0.3, -0.25) is 6.08 Å². The van der Waals surface area contributed by atoms with E-state index in [-0.39, 0.29) is 26.2 Å². The Hall–Kier alpha value is -1.98. The molecule has 0 saturated heterocycles. The summed E-state index contributed by atoms with van der Waals surface area (Å²) in [4.78, 5) is 0. The van der Waals surface area contributed by atoms with E-state index in [1.807, 2.05) is 103 Å². The molecule has 0 amide bonds. The van der Waals surface area contributed by atoms with Gasteiger partial charge in [-0.1, -0.05) is 0 Å². The quantitative estimate of drug-likeness (QED) is 0.430. The molecule has 0 fully saturated rings. The average molecular weight is 388 g/mol. The van der Waals surface area contributed by atoms with Crippen molar-refractivity contribution < 1.29 is 26.2 Å². The first kappa shape index (κ1) is 22.0. The Bertz CT molecular complexity index is 436. The van der Waals surface area contributed by atoms with Crippen LogP contribution in [0, 0.1) is 24.3 Å². The molecule has 0 spiro atoms. The van der Waals surface area contributed by atoms with Gasteiger partial charge in [-0.25, -0.2) is 12.2 Å². The van der Waals surface area contributed by atoms with Gasteiger partial charge < -0.3 is 0 Å². The third kappa shape index (κ3) is 16.4. The zero-order valence-electron chi connectivity index (χ0n) is 13.6. The molecule has 0 radical (unpaired) electrons. The predicted molar refractivity (Wildman–Crippen MR) is 97.4 cm³/mol. The van der Waals surface area contributed by atoms with Crippen molar-refractivity contribution in [1.29, 1.82) is 0 Å². The Kier molecular flexibility index (Phi) is 17.5. The molecular formula is C23H20Zr. The molecule has 0 heterocycles. The monoisotopic (exact) mass is 386 g/mol. The summed E-state index contributed by atoms with van der Waals surface area (Å²) in [6, 6.07) is 37.5. The third-order valence-corrected chi connectivity index (χ3v) is 2.41. The van der Waals surface area contributed by atoms with Crippen LogP contribution in [0.3, 0.4) is 0 Å². The van der Waals surface area contributed by atoms with Gasteiger partial charge in [0.05, 0.1) is 0 Å². The molecule has 0 unspecified atom stereocenters. The fourth-order valence-electron chi connectivity index (χ4n) is 1.37. The van der Waals surface area contributed by atoms with Gasteiger partial charge in [-0.15, -0.1) is 6.42 Å². The van der Waals surface area contributed by atoms with Crippen LogP contribution in [0.2, 0.25) is 0 Å². The maximum absolute atomic E-state index is 2.99. The summed E-state index contributed by atoms with van der Waals surface area (Å²) in [7, 11) is 0. The molecule has 0 atom stereocenters. The molecular weight excluding hydrogens is 367 g/mol. The van der Waals surface area contributed by atoms with Gasteiger partial charge in [0.25, 0.3) is 0 Å². The Balaban J connectivity index is 0.000000291. The van der Waals surface area contributed by atoms with Crippen molar-refractivity contribution >= 4 is 0 Å². The van der Waals surface area contributed by atoms with Crippen molar-refractivity contribution in [3.05, 3.63) is 133 Å². The Morgan fingerprint density at radius 3 is 0.958 bits per heavy atom. The van der Waals surface area contributed by atoms with Crippen LogP contribution < -0.4 is 0 Å². The summed E-state index contributed by atoms with van der Waals surface area (Å²) in [5, 5.41) is 0. The van der Waals surface area contributed by atoms with Gasteiger partial charge >= 0.3 is 26.2 Å². The van der Waals surface area contributed by atoms with Crippen molar-refractivity contribution in [2.75, 3.05) is 0 Å². The molecule has 1 aliphatic carbocycles. The SMILES string of the molecule is [C-]1=CC=CC1.[Zr+4].[c-]1ccccc1.[c-]1ccccc1.[c-]1ccccc1. The van der Waals surface area contributed by atoms with Crippen molar-refractivity contribution in [3.63, 3.8) is 0 Å². The van der Waals surface area contributed by atoms with E-state index in [2.05, 4.69) is 30.4 Å². The zero-order chi connectivity index (χ0) is 16.3. The molecule has 0 N–H and O–H groups in total. The number of rotatable bonds is 0. The normalized spacial score (nSPS) is 9.67. The van der Waals surface area contributed by atoms with Crippen LogP contribution in [0.5, 0.6) is 0 Å². The molecule has 24 heavy (non-hydrogen) atoms. The molecule has 0 bridgehead atoms. The first-order valence-electron chi connectivity index (χ1n) is 7.45. The summed E-state index contributed by atoms with van der Waals surface area (Å²) in [5.41, 5.74) is 0. The summed E-state index contributed by atoms with van der Waals surface area (Å²) >= 11 is 0. The molecule has 0 saturated carbocycles. The van der Waals surface area contributed by atoms with Gasteiger partial charge in [0.2, 0.25) is 0 Å². The van der Waals surface area contributed by atoms with Crippen LogP contribution >= 0.6 is 0 Å². The Labute approximate surface area is 165 Å². The molecule has 116 valence electrons. The first-order chi connectivity index (χ1) is 11.5. The molecule has 0 aromatic heterocycles. The van der Waals surface area contributed by atoms with Crippen molar-refractivity contribution in [3.8, 4) is 0 Å². The molecule has 4 rings (SSSR count). The number of hydrogen-bond acceptors (Lipinski definition) is 0. The molecule has 3 aromatic rings. The van der Waals surface area contributed by atoms with Crippen LogP contribution in [0.25, 0.3) is 0 Å². The summed E-state index contributed by atoms with van der Waals surface area (Å²) in [6.07, 6.45) is 10.0. The first-order valence-corrected chi connectivity index (χ1v) is 7.45. The van der Waals surface area contributed by atoms with Gasteiger partial charge in [0, 0.05) is 0 Å². The van der Waals surface area contributed by atoms with E-state index in [1.54, 1.807) is 0 Å². The molecule has 0 nitrogen and oxygen atoms in total. The maximum atomic E-state index is 2.99. The number of allylic oxidation sites excluding steroid dienone is 4. The summed E-state index contributed by atoms with van der Waals surface area (Å²) < 4.78 is 0. The fraction of sp³-hybridized carbons (Fsp3) is 0.0435. The maximum Gasteiger partial charge on any atom is 4.00 e. The average Bonchev–Trinajstić information content (AvgIpc) is 3.27. The second-order valence-corrected chi connectivity index (χ2v) is 4.24. The number of hydrogen-bond donors (Lipinski definition) is 0. The minimum Gasteiger partial charge on any atom is -0.273 e. The van der Waals surface area contributed by atoms with Crippen LogP contribution in [-0.4, -0.2) is 0 Å². The van der Waals surface area contributed by atoms with Crippen LogP contribution in [0.4, 0.5) is 0 Å². The second-order valence-electron chi connectivity index (χ2n) is 4.24. The fourth-order valence-corrected chi connectivity index (χ4v) is 1.37. The second kappa shape index (κ2) is 19.1. The van der Waals surface area contributed by atoms with Gasteiger partial charge in [0.15, 0.2) is 0 Å². The minimum atomic E-state index is 0. The molecule has 1 heteroatoms. The molecule has 3 aromatic carbocycles. The summed E-state index contributed by atoms with van der Waals surface area (Å²) in [5.74, 6) is 0. The third-order valence-electron chi connectivity index (χ3n) is 2.41. The topological polar surface area (TPSA) is 0 Å². The van der Waals surface area contributed by atoms with Gasteiger partial charge in [-0.05, 0) is 0 Å². The van der Waals surface area contributed by atoms with E-state index in [9.17, 15) is 0 Å². The van der Waals surface area contributed by atoms with Crippen molar-refractivity contribution in [1.82, 2.24) is 0 Å². The summed E-state index contributed by atoms with van der Waals surface area (Å²) in [6.45, 7) is 0. The van der Waals surface area contributed by atoms with Crippen LogP contribution in [0.15, 0.2) is 109 Å². The van der Waals surface area contributed by atoms with E-state index in [0.29, 0.717) is 0 Å². The van der Waals surface area contributed by atoms with E-state index in [0.717, 1.165) is 6.42 Å². The minimum absolute atomic E-state index is 0. The zero-order valence-corrected chi connectivity index (χ0v) is 16.1. The Morgan fingerprint density at radius 2 is 0.875 bits per heavy atom. The van der Waals surface area contributed by atoms with E-state index < -0.39 is 0 Å². The number of benzene rings is 3. The predicted octanol–water partition coefficient (Wildman–Crippen LogP) is 5.76. The van der Waals surface area contributed by atoms with Gasteiger partial charge in [-0.2, -0.15) is 115 Å². The van der Waals surface area contributed by atoms with Gasteiger partial charge in [0.1, 0.15) is 0 Å². The van der Waals surface area contributed by atoms with Crippen LogP contribution in [0.1, 0.15) is 6.42 Å². The largest absolute Gasteiger partial charge is 4.00 e. The van der Waals surface area contributed by atoms with E-state index >= 15 is 0 Å². The Morgan fingerprint density at radius 1 is 0.500 bits per heavy atom. The van der Waals surface area contributed by atoms with E-state index in [4.69, 9.17) is 0 Å². The van der Waals surface area contributed by atoms with Crippen molar-refractivity contribution in [2.45, 2.75) is 6.42 Å². The standard InChI is InChI=1S/3C6H5.C5H5.Zr/c3*1-2-4-6-5-3-1;1-2-4-5-3-1;/h3*1-5H;1-3H,4H2;/q4*-1;+4. The van der Waals surface area contributed by atoms with Crippen LogP contribution in [-0.2, 0) is 26.2 Å². The van der Waals surface area contributed by atoms with Crippen molar-refractivity contribution in [2.24, 2.45) is 0 Å². The smallest absolute Gasteiger partial charge is 0.273 e.